The number of hydrogen-bond acceptors (Lipinski definition) is 7. The molecule has 1 fully saturated rings. The van der Waals surface area contributed by atoms with Crippen LogP contribution in [0.4, 0.5) is 5.69 Å². The number of amides is 3. The molecule has 3 amide bonds. The molecule has 10 heteroatoms. The van der Waals surface area contributed by atoms with Crippen LogP contribution >= 0.6 is 0 Å². The van der Waals surface area contributed by atoms with Gasteiger partial charge in [-0.15, -0.1) is 0 Å². The number of carbonyl (C=O) groups excluding carboxylic acids is 3. The lowest BCUT2D eigenvalue weighted by molar-refractivity contribution is -0.126. The van der Waals surface area contributed by atoms with Gasteiger partial charge in [0.1, 0.15) is 24.8 Å². The molecule has 0 aliphatic carbocycles. The quantitative estimate of drug-likeness (QED) is 0.406. The summed E-state index contributed by atoms with van der Waals surface area (Å²) in [5.74, 6) is 0.715. The molecule has 2 heterocycles. The largest absolute Gasteiger partial charge is 0.489 e. The summed E-state index contributed by atoms with van der Waals surface area (Å²) < 4.78 is 10.7. The molecule has 3 aromatic rings. The maximum atomic E-state index is 13.3. The molecule has 3 unspecified atom stereocenters. The summed E-state index contributed by atoms with van der Waals surface area (Å²) in [5, 5.41) is 2.76. The van der Waals surface area contributed by atoms with E-state index in [-0.39, 0.29) is 30.2 Å². The fraction of sp³-hybridized carbons (Fsp3) is 0.312. The van der Waals surface area contributed by atoms with E-state index < -0.39 is 12.2 Å². The Kier molecular flexibility index (Phi) is 8.94. The monoisotopic (exact) mass is 569 g/mol. The predicted octanol–water partition coefficient (Wildman–Crippen LogP) is 3.60. The Morgan fingerprint density at radius 1 is 1.05 bits per heavy atom. The Bertz CT molecular complexity index is 1460. The van der Waals surface area contributed by atoms with E-state index in [9.17, 15) is 14.4 Å². The number of ether oxygens (including phenoxy) is 2. The van der Waals surface area contributed by atoms with Gasteiger partial charge >= 0.3 is 0 Å². The highest BCUT2D eigenvalue weighted by atomic mass is 16.5. The average Bonchev–Trinajstić information content (AvgIpc) is 3.30. The van der Waals surface area contributed by atoms with Crippen molar-refractivity contribution >= 4 is 29.2 Å². The molecule has 3 atom stereocenters. The minimum Gasteiger partial charge on any atom is -0.489 e. The Morgan fingerprint density at radius 2 is 1.81 bits per heavy atom. The van der Waals surface area contributed by atoms with Gasteiger partial charge in [-0.3, -0.25) is 19.4 Å². The molecule has 2 aliphatic rings. The summed E-state index contributed by atoms with van der Waals surface area (Å²) in [5.41, 5.74) is 9.37. The number of amidine groups is 1. The maximum Gasteiger partial charge on any atom is 0.257 e. The zero-order valence-electron chi connectivity index (χ0n) is 23.7. The molecule has 0 radical (unpaired) electrons. The van der Waals surface area contributed by atoms with Gasteiger partial charge in [0.05, 0.1) is 6.17 Å². The van der Waals surface area contributed by atoms with Gasteiger partial charge in [-0.25, -0.2) is 0 Å². The first-order chi connectivity index (χ1) is 20.3. The highest BCUT2D eigenvalue weighted by molar-refractivity contribution is 6.07. The molecule has 3 aromatic carbocycles. The third-order valence-electron chi connectivity index (χ3n) is 7.55. The first-order valence-electron chi connectivity index (χ1n) is 13.9. The molecule has 3 N–H and O–H groups in total. The van der Waals surface area contributed by atoms with Gasteiger partial charge in [-0.05, 0) is 60.4 Å². The number of hydrogen-bond donors (Lipinski definition) is 2. The zero-order valence-corrected chi connectivity index (χ0v) is 23.7. The Balaban J connectivity index is 1.21. The normalized spacial score (nSPS) is 20.3. The number of piperidine rings is 1. The second-order valence-electron chi connectivity index (χ2n) is 10.5. The number of benzene rings is 3. The van der Waals surface area contributed by atoms with Gasteiger partial charge in [0.2, 0.25) is 5.91 Å². The lowest BCUT2D eigenvalue weighted by Crippen LogP contribution is -2.53. The van der Waals surface area contributed by atoms with E-state index in [0.29, 0.717) is 54.4 Å². The number of methoxy groups -OCH3 is 1. The summed E-state index contributed by atoms with van der Waals surface area (Å²) in [6.45, 7) is 0.835. The predicted molar refractivity (Wildman–Crippen MR) is 159 cm³/mol. The minimum atomic E-state index is -0.706. The number of aliphatic imine (C=N–C) groups is 1. The second-order valence-corrected chi connectivity index (χ2v) is 10.5. The molecule has 10 nitrogen and oxygen atoms in total. The molecule has 5 rings (SSSR count). The van der Waals surface area contributed by atoms with Crippen LogP contribution in [0.15, 0.2) is 83.9 Å². The Hall–Kier alpha value is -4.54. The molecule has 1 saturated heterocycles. The molecule has 218 valence electrons. The van der Waals surface area contributed by atoms with Crippen LogP contribution in [0.1, 0.15) is 40.4 Å². The van der Waals surface area contributed by atoms with Crippen molar-refractivity contribution in [1.29, 1.82) is 0 Å². The van der Waals surface area contributed by atoms with Crippen molar-refractivity contribution in [3.05, 3.63) is 95.6 Å². The Morgan fingerprint density at radius 3 is 2.52 bits per heavy atom. The van der Waals surface area contributed by atoms with E-state index in [1.54, 1.807) is 59.3 Å². The zero-order chi connectivity index (χ0) is 29.6. The maximum absolute atomic E-state index is 13.3. The van der Waals surface area contributed by atoms with Crippen LogP contribution in [0.3, 0.4) is 0 Å². The topological polar surface area (TPSA) is 127 Å². The summed E-state index contributed by atoms with van der Waals surface area (Å²) in [6.07, 6.45) is 0.601. The van der Waals surface area contributed by atoms with Crippen molar-refractivity contribution in [3.8, 4) is 5.75 Å². The van der Waals surface area contributed by atoms with E-state index in [2.05, 4.69) is 5.32 Å². The third-order valence-corrected chi connectivity index (χ3v) is 7.55. The number of carbonyl (C=O) groups is 3. The van der Waals surface area contributed by atoms with Crippen LogP contribution in [0.5, 0.6) is 5.75 Å². The van der Waals surface area contributed by atoms with Gasteiger partial charge in [0, 0.05) is 37.9 Å². The van der Waals surface area contributed by atoms with Gasteiger partial charge in [0.25, 0.3) is 11.8 Å². The molecular formula is C32H35N5O5. The number of anilines is 1. The van der Waals surface area contributed by atoms with Gasteiger partial charge in [-0.1, -0.05) is 42.5 Å². The third kappa shape index (κ3) is 6.50. The number of nitrogens with one attached hydrogen (secondary N) is 1. The van der Waals surface area contributed by atoms with E-state index in [1.165, 1.54) is 7.11 Å². The van der Waals surface area contributed by atoms with E-state index in [1.807, 2.05) is 36.4 Å². The van der Waals surface area contributed by atoms with E-state index >= 15 is 0 Å². The SMILES string of the molecule is COCC(=O)Nc1cccc(C2N=C(C3CCN(C(=O)c4ccc(OCc5ccccc5)cc4)C(N)C3)N(C)C2=O)c1. The first-order valence-corrected chi connectivity index (χ1v) is 13.9. The molecule has 0 aromatic heterocycles. The molecule has 0 spiro atoms. The lowest BCUT2D eigenvalue weighted by atomic mass is 9.92. The number of likely N-dealkylation sites (N-methyl/N-ethyl adjacent to an activating group) is 1. The van der Waals surface area contributed by atoms with Crippen molar-refractivity contribution in [3.63, 3.8) is 0 Å². The second kappa shape index (κ2) is 13.0. The number of nitrogens with two attached hydrogens (primary N) is 1. The number of likely N-dealkylation sites (tertiary alicyclic amines) is 1. The van der Waals surface area contributed by atoms with Crippen molar-refractivity contribution < 1.29 is 23.9 Å². The first kappa shape index (κ1) is 29.0. The van der Waals surface area contributed by atoms with Crippen molar-refractivity contribution in [2.45, 2.75) is 31.7 Å². The fourth-order valence-electron chi connectivity index (χ4n) is 5.37. The van der Waals surface area contributed by atoms with Crippen LogP contribution in [0.25, 0.3) is 0 Å². The van der Waals surface area contributed by atoms with E-state index in [0.717, 1.165) is 5.56 Å². The number of nitrogens with zero attached hydrogens (tertiary/aromatic N) is 3. The summed E-state index contributed by atoms with van der Waals surface area (Å²) in [4.78, 5) is 46.5. The van der Waals surface area contributed by atoms with Crippen LogP contribution < -0.4 is 15.8 Å². The minimum absolute atomic E-state index is 0.0619. The summed E-state index contributed by atoms with van der Waals surface area (Å²) in [6, 6.07) is 23.4. The smallest absolute Gasteiger partial charge is 0.257 e. The highest BCUT2D eigenvalue weighted by Gasteiger charge is 2.40. The average molecular weight is 570 g/mol. The molecule has 0 saturated carbocycles. The van der Waals surface area contributed by atoms with Crippen molar-refractivity contribution in [2.24, 2.45) is 16.6 Å². The van der Waals surface area contributed by atoms with E-state index in [4.69, 9.17) is 20.2 Å². The van der Waals surface area contributed by atoms with Gasteiger partial charge in [-0.2, -0.15) is 0 Å². The summed E-state index contributed by atoms with van der Waals surface area (Å²) in [7, 11) is 3.17. The number of rotatable bonds is 9. The molecule has 0 bridgehead atoms. The van der Waals surface area contributed by atoms with Crippen LogP contribution in [-0.4, -0.2) is 66.8 Å². The standard InChI is InChI=1S/C32H35N5O5/c1-36-30(35-29(32(36)40)23-9-6-10-25(17-23)34-28(38)20-41-2)24-15-16-37(27(33)18-24)31(39)22-11-13-26(14-12-22)42-19-21-7-4-3-5-8-21/h3-14,17,24,27,29H,15-16,18-20,33H2,1-2H3,(H,34,38). The van der Waals surface area contributed by atoms with Crippen LogP contribution in [0, 0.1) is 5.92 Å². The van der Waals surface area contributed by atoms with Crippen LogP contribution in [-0.2, 0) is 20.9 Å². The highest BCUT2D eigenvalue weighted by Crippen LogP contribution is 2.33. The van der Waals surface area contributed by atoms with Gasteiger partial charge < -0.3 is 30.3 Å². The summed E-state index contributed by atoms with van der Waals surface area (Å²) >= 11 is 0. The van der Waals surface area contributed by atoms with Crippen molar-refractivity contribution in [1.82, 2.24) is 9.80 Å². The van der Waals surface area contributed by atoms with Crippen LogP contribution in [0.2, 0.25) is 0 Å². The Labute approximate surface area is 245 Å². The molecule has 42 heavy (non-hydrogen) atoms. The fourth-order valence-corrected chi connectivity index (χ4v) is 5.37. The molecular weight excluding hydrogens is 534 g/mol. The van der Waals surface area contributed by atoms with Crippen molar-refractivity contribution in [2.75, 3.05) is 32.6 Å². The molecule has 2 aliphatic heterocycles. The van der Waals surface area contributed by atoms with Gasteiger partial charge in [0.15, 0.2) is 6.04 Å². The lowest BCUT2D eigenvalue weighted by Gasteiger charge is -2.38.